The van der Waals surface area contributed by atoms with Gasteiger partial charge in [0.1, 0.15) is 21.6 Å². The molecule has 1 aliphatic rings. The van der Waals surface area contributed by atoms with Crippen LogP contribution in [-0.2, 0) is 9.59 Å². The third-order valence-corrected chi connectivity index (χ3v) is 5.96. The average molecular weight is 485 g/mol. The molecule has 0 radical (unpaired) electrons. The van der Waals surface area contributed by atoms with Crippen molar-refractivity contribution in [2.75, 3.05) is 14.1 Å². The first kappa shape index (κ1) is 20.2. The van der Waals surface area contributed by atoms with Gasteiger partial charge in [0.2, 0.25) is 0 Å². The molecular formula is C17H11BrClN3O5S. The van der Waals surface area contributed by atoms with E-state index in [1.165, 1.54) is 48.2 Å². The lowest BCUT2D eigenvalue weighted by Gasteiger charge is -2.31. The molecule has 0 atom stereocenters. The number of furan rings is 1. The van der Waals surface area contributed by atoms with Gasteiger partial charge >= 0.3 is 0 Å². The molecule has 2 aromatic rings. The van der Waals surface area contributed by atoms with E-state index >= 15 is 0 Å². The zero-order valence-electron chi connectivity index (χ0n) is 14.4. The maximum absolute atomic E-state index is 12.4. The number of rotatable bonds is 3. The molecule has 2 heterocycles. The van der Waals surface area contributed by atoms with E-state index in [9.17, 15) is 19.7 Å². The quantitative estimate of drug-likeness (QED) is 0.216. The van der Waals surface area contributed by atoms with Crippen molar-refractivity contribution in [1.82, 2.24) is 9.80 Å². The molecule has 8 nitrogen and oxygen atoms in total. The van der Waals surface area contributed by atoms with Crippen molar-refractivity contribution in [3.8, 4) is 11.3 Å². The SMILES string of the molecule is CN1C(=O)C(=Cc2ccc(-c3cc(Cl)c(Br)c([N+](=O)[O-])c3)o2)C(=O)N(C)C1=S. The molecule has 0 spiro atoms. The minimum absolute atomic E-state index is 0.101. The van der Waals surface area contributed by atoms with Crippen LogP contribution >= 0.6 is 39.7 Å². The molecule has 28 heavy (non-hydrogen) atoms. The van der Waals surface area contributed by atoms with Crippen LogP contribution in [-0.4, -0.2) is 45.7 Å². The molecule has 0 N–H and O–H groups in total. The molecule has 1 fully saturated rings. The largest absolute Gasteiger partial charge is 0.457 e. The van der Waals surface area contributed by atoms with Crippen molar-refractivity contribution < 1.29 is 18.9 Å². The highest BCUT2D eigenvalue weighted by molar-refractivity contribution is 9.10. The minimum Gasteiger partial charge on any atom is -0.457 e. The number of hydrogen-bond acceptors (Lipinski definition) is 6. The van der Waals surface area contributed by atoms with Crippen LogP contribution < -0.4 is 0 Å². The van der Waals surface area contributed by atoms with Crippen molar-refractivity contribution in [2.24, 2.45) is 0 Å². The van der Waals surface area contributed by atoms with Crippen LogP contribution in [0, 0.1) is 10.1 Å². The van der Waals surface area contributed by atoms with Gasteiger partial charge < -0.3 is 4.42 Å². The fraction of sp³-hybridized carbons (Fsp3) is 0.118. The second kappa shape index (κ2) is 7.46. The van der Waals surface area contributed by atoms with Crippen LogP contribution in [0.25, 0.3) is 17.4 Å². The van der Waals surface area contributed by atoms with Gasteiger partial charge in [0.25, 0.3) is 17.5 Å². The van der Waals surface area contributed by atoms with Crippen molar-refractivity contribution in [2.45, 2.75) is 0 Å². The standard InChI is InChI=1S/C17H11BrClN3O5S/c1-20-15(23)10(16(24)21(2)17(20)28)7-9-3-4-13(27-9)8-5-11(19)14(18)12(6-8)22(25)26/h3-7H,1-2H3. The van der Waals surface area contributed by atoms with Crippen molar-refractivity contribution >= 4 is 68.4 Å². The number of nitrogens with zero attached hydrogens (tertiary/aromatic N) is 3. The number of carbonyl (C=O) groups is 2. The number of hydrogen-bond donors (Lipinski definition) is 0. The van der Waals surface area contributed by atoms with E-state index in [4.69, 9.17) is 28.2 Å². The predicted molar refractivity (Wildman–Crippen MR) is 110 cm³/mol. The third-order valence-electron chi connectivity index (χ3n) is 4.05. The zero-order chi connectivity index (χ0) is 20.7. The summed E-state index contributed by atoms with van der Waals surface area (Å²) in [7, 11) is 2.94. The first-order valence-electron chi connectivity index (χ1n) is 7.67. The Labute approximate surface area is 177 Å². The zero-order valence-corrected chi connectivity index (χ0v) is 17.6. The van der Waals surface area contributed by atoms with Crippen LogP contribution in [0.3, 0.4) is 0 Å². The number of nitro benzene ring substituents is 1. The second-order valence-electron chi connectivity index (χ2n) is 5.82. The van der Waals surface area contributed by atoms with Crippen molar-refractivity contribution in [3.05, 3.63) is 55.2 Å². The van der Waals surface area contributed by atoms with Gasteiger partial charge in [-0.15, -0.1) is 0 Å². The maximum atomic E-state index is 12.4. The summed E-state index contributed by atoms with van der Waals surface area (Å²) in [6.45, 7) is 0. The Morgan fingerprint density at radius 1 is 1.21 bits per heavy atom. The summed E-state index contributed by atoms with van der Waals surface area (Å²) in [5.74, 6) is -0.581. The van der Waals surface area contributed by atoms with E-state index in [-0.39, 0.29) is 37.4 Å². The molecular weight excluding hydrogens is 474 g/mol. The fourth-order valence-electron chi connectivity index (χ4n) is 2.55. The summed E-state index contributed by atoms with van der Waals surface area (Å²) >= 11 is 14.2. The van der Waals surface area contributed by atoms with Gasteiger partial charge in [-0.05, 0) is 52.4 Å². The lowest BCUT2D eigenvalue weighted by Crippen LogP contribution is -2.52. The van der Waals surface area contributed by atoms with Gasteiger partial charge in [-0.1, -0.05) is 11.6 Å². The summed E-state index contributed by atoms with van der Waals surface area (Å²) in [4.78, 5) is 37.7. The Hall–Kier alpha value is -2.56. The fourth-order valence-corrected chi connectivity index (χ4v) is 3.31. The lowest BCUT2D eigenvalue weighted by atomic mass is 10.1. The first-order chi connectivity index (χ1) is 13.1. The molecule has 0 saturated carbocycles. The number of benzene rings is 1. The number of halogens is 2. The monoisotopic (exact) mass is 483 g/mol. The summed E-state index contributed by atoms with van der Waals surface area (Å²) in [6, 6.07) is 5.91. The second-order valence-corrected chi connectivity index (χ2v) is 7.38. The van der Waals surface area contributed by atoms with E-state index in [0.29, 0.717) is 5.56 Å². The molecule has 3 rings (SSSR count). The number of likely N-dealkylation sites (N-methyl/N-ethyl adjacent to an activating group) is 2. The van der Waals surface area contributed by atoms with Crippen LogP contribution in [0.4, 0.5) is 5.69 Å². The van der Waals surface area contributed by atoms with Crippen LogP contribution in [0.1, 0.15) is 5.76 Å². The highest BCUT2D eigenvalue weighted by Crippen LogP contribution is 2.37. The third kappa shape index (κ3) is 3.46. The Morgan fingerprint density at radius 2 is 1.82 bits per heavy atom. The molecule has 0 unspecified atom stereocenters. The highest BCUT2D eigenvalue weighted by Gasteiger charge is 2.35. The normalized spacial score (nSPS) is 14.7. The molecule has 2 amide bonds. The van der Waals surface area contributed by atoms with Gasteiger partial charge in [0.15, 0.2) is 5.11 Å². The van der Waals surface area contributed by atoms with Crippen LogP contribution in [0.2, 0.25) is 5.02 Å². The van der Waals surface area contributed by atoms with Crippen molar-refractivity contribution in [3.63, 3.8) is 0 Å². The van der Waals surface area contributed by atoms with Gasteiger partial charge in [0, 0.05) is 25.7 Å². The maximum Gasteiger partial charge on any atom is 0.285 e. The number of thiocarbonyl (C=S) groups is 1. The van der Waals surface area contributed by atoms with E-state index < -0.39 is 16.7 Å². The van der Waals surface area contributed by atoms with Crippen molar-refractivity contribution in [1.29, 1.82) is 0 Å². The topological polar surface area (TPSA) is 96.9 Å². The predicted octanol–water partition coefficient (Wildman–Crippen LogP) is 3.87. The molecule has 1 aliphatic heterocycles. The Morgan fingerprint density at radius 3 is 2.39 bits per heavy atom. The summed E-state index contributed by atoms with van der Waals surface area (Å²) in [5, 5.41) is 11.4. The Bertz CT molecular complexity index is 1050. The molecule has 1 aromatic heterocycles. The molecule has 144 valence electrons. The molecule has 0 aliphatic carbocycles. The number of carbonyl (C=O) groups excluding carboxylic acids is 2. The highest BCUT2D eigenvalue weighted by atomic mass is 79.9. The van der Waals surface area contributed by atoms with E-state index in [1.807, 2.05) is 0 Å². The van der Waals surface area contributed by atoms with E-state index in [1.54, 1.807) is 6.07 Å². The van der Waals surface area contributed by atoms with E-state index in [2.05, 4.69) is 15.9 Å². The van der Waals surface area contributed by atoms with E-state index in [0.717, 1.165) is 0 Å². The average Bonchev–Trinajstić information content (AvgIpc) is 3.12. The Kier molecular flexibility index (Phi) is 5.37. The number of amides is 2. The van der Waals surface area contributed by atoms with Crippen LogP contribution in [0.5, 0.6) is 0 Å². The van der Waals surface area contributed by atoms with Gasteiger partial charge in [-0.25, -0.2) is 0 Å². The Balaban J connectivity index is 2.00. The lowest BCUT2D eigenvalue weighted by molar-refractivity contribution is -0.385. The smallest absolute Gasteiger partial charge is 0.285 e. The van der Waals surface area contributed by atoms with Gasteiger partial charge in [0.05, 0.1) is 9.95 Å². The molecule has 0 bridgehead atoms. The van der Waals surface area contributed by atoms with Gasteiger partial charge in [-0.2, -0.15) is 0 Å². The first-order valence-corrected chi connectivity index (χ1v) is 9.25. The summed E-state index contributed by atoms with van der Waals surface area (Å²) < 4.78 is 5.81. The number of nitro groups is 1. The summed E-state index contributed by atoms with van der Waals surface area (Å²) in [5.41, 5.74) is 0.0498. The molecule has 1 aromatic carbocycles. The van der Waals surface area contributed by atoms with Crippen LogP contribution in [0.15, 0.2) is 38.7 Å². The molecule has 11 heteroatoms. The molecule has 1 saturated heterocycles. The summed E-state index contributed by atoms with van der Waals surface area (Å²) in [6.07, 6.45) is 1.30. The van der Waals surface area contributed by atoms with Gasteiger partial charge in [-0.3, -0.25) is 29.5 Å². The minimum atomic E-state index is -0.570.